The van der Waals surface area contributed by atoms with Crippen molar-refractivity contribution in [2.24, 2.45) is 0 Å². The number of nitrogens with zero attached hydrogens (tertiary/aromatic N) is 2. The van der Waals surface area contributed by atoms with Crippen LogP contribution in [0.15, 0.2) is 76.4 Å². The second-order valence-corrected chi connectivity index (χ2v) is 8.52. The van der Waals surface area contributed by atoms with Crippen LogP contribution >= 0.6 is 15.9 Å². The standard InChI is InChI=1S/C19H15BrN2O2S/c20-17-3-1-2-4-19(17)25(23,24)22-12-9-16-13-15(5-6-18(16)22)14-7-10-21-11-8-14/h1-8,10-11,13H,9,12H2. The molecule has 6 heteroatoms. The number of rotatable bonds is 3. The van der Waals surface area contributed by atoms with Gasteiger partial charge in [0.25, 0.3) is 10.0 Å². The normalized spacial score (nSPS) is 13.7. The molecule has 0 radical (unpaired) electrons. The highest BCUT2D eigenvalue weighted by Gasteiger charge is 2.32. The van der Waals surface area contributed by atoms with E-state index >= 15 is 0 Å². The summed E-state index contributed by atoms with van der Waals surface area (Å²) in [7, 11) is -3.58. The lowest BCUT2D eigenvalue weighted by Gasteiger charge is -2.20. The zero-order valence-corrected chi connectivity index (χ0v) is 15.7. The highest BCUT2D eigenvalue weighted by Crippen LogP contribution is 2.37. The van der Waals surface area contributed by atoms with Crippen molar-refractivity contribution in [2.75, 3.05) is 10.8 Å². The van der Waals surface area contributed by atoms with E-state index in [1.54, 1.807) is 30.6 Å². The van der Waals surface area contributed by atoms with Gasteiger partial charge in [-0.05, 0) is 75.4 Å². The van der Waals surface area contributed by atoms with Gasteiger partial charge < -0.3 is 0 Å². The van der Waals surface area contributed by atoms with Crippen molar-refractivity contribution in [1.82, 2.24) is 4.98 Å². The Hall–Kier alpha value is -2.18. The summed E-state index contributed by atoms with van der Waals surface area (Å²) in [6.45, 7) is 0.457. The minimum atomic E-state index is -3.58. The lowest BCUT2D eigenvalue weighted by Crippen LogP contribution is -2.29. The van der Waals surface area contributed by atoms with Crippen LogP contribution in [0.2, 0.25) is 0 Å². The number of benzene rings is 2. The van der Waals surface area contributed by atoms with Crippen LogP contribution in [-0.4, -0.2) is 19.9 Å². The second kappa shape index (κ2) is 6.28. The molecule has 2 heterocycles. The first-order chi connectivity index (χ1) is 12.1. The van der Waals surface area contributed by atoms with Gasteiger partial charge in [-0.25, -0.2) is 8.42 Å². The third kappa shape index (κ3) is 2.85. The fraction of sp³-hybridized carbons (Fsp3) is 0.105. The van der Waals surface area contributed by atoms with E-state index < -0.39 is 10.0 Å². The summed E-state index contributed by atoms with van der Waals surface area (Å²) in [5, 5.41) is 0. The number of anilines is 1. The fourth-order valence-electron chi connectivity index (χ4n) is 3.12. The molecule has 126 valence electrons. The van der Waals surface area contributed by atoms with Crippen molar-refractivity contribution in [3.8, 4) is 11.1 Å². The molecule has 0 N–H and O–H groups in total. The van der Waals surface area contributed by atoms with Gasteiger partial charge in [0.05, 0.1) is 5.69 Å². The summed E-state index contributed by atoms with van der Waals surface area (Å²) < 4.78 is 28.2. The van der Waals surface area contributed by atoms with E-state index in [4.69, 9.17) is 0 Å². The number of fused-ring (bicyclic) bond motifs is 1. The average Bonchev–Trinajstić information content (AvgIpc) is 3.06. The van der Waals surface area contributed by atoms with E-state index in [1.807, 2.05) is 30.3 Å². The summed E-state index contributed by atoms with van der Waals surface area (Å²) in [5.74, 6) is 0. The molecule has 25 heavy (non-hydrogen) atoms. The molecule has 0 fully saturated rings. The van der Waals surface area contributed by atoms with Crippen LogP contribution in [0.1, 0.15) is 5.56 Å². The van der Waals surface area contributed by atoms with Gasteiger partial charge in [-0.2, -0.15) is 0 Å². The van der Waals surface area contributed by atoms with Crippen molar-refractivity contribution >= 4 is 31.6 Å². The molecule has 1 aliphatic rings. The highest BCUT2D eigenvalue weighted by molar-refractivity contribution is 9.10. The van der Waals surface area contributed by atoms with Crippen LogP contribution in [0.3, 0.4) is 0 Å². The summed E-state index contributed by atoms with van der Waals surface area (Å²) in [4.78, 5) is 4.33. The summed E-state index contributed by atoms with van der Waals surface area (Å²) in [5.41, 5.74) is 3.95. The number of halogens is 1. The Morgan fingerprint density at radius 3 is 2.48 bits per heavy atom. The van der Waals surface area contributed by atoms with Gasteiger partial charge in [0.2, 0.25) is 0 Å². The Bertz CT molecular complexity index is 1040. The number of aromatic nitrogens is 1. The molecule has 0 unspecified atom stereocenters. The molecule has 0 saturated carbocycles. The van der Waals surface area contributed by atoms with Crippen LogP contribution in [0.5, 0.6) is 0 Å². The Labute approximate surface area is 155 Å². The number of sulfonamides is 1. The van der Waals surface area contributed by atoms with E-state index in [1.165, 1.54) is 4.31 Å². The molecule has 0 spiro atoms. The molecular formula is C19H15BrN2O2S. The molecule has 3 aromatic rings. The Morgan fingerprint density at radius 2 is 1.72 bits per heavy atom. The van der Waals surface area contributed by atoms with Crippen LogP contribution in [0.25, 0.3) is 11.1 Å². The minimum Gasteiger partial charge on any atom is -0.266 e. The number of hydrogen-bond donors (Lipinski definition) is 0. The Morgan fingerprint density at radius 1 is 0.960 bits per heavy atom. The lowest BCUT2D eigenvalue weighted by molar-refractivity contribution is 0.592. The summed E-state index contributed by atoms with van der Waals surface area (Å²) in [6.07, 6.45) is 4.22. The molecule has 0 saturated heterocycles. The first kappa shape index (κ1) is 16.3. The van der Waals surface area contributed by atoms with Crippen LogP contribution < -0.4 is 4.31 Å². The molecule has 0 bridgehead atoms. The average molecular weight is 415 g/mol. The lowest BCUT2D eigenvalue weighted by atomic mass is 10.0. The van der Waals surface area contributed by atoms with Crippen molar-refractivity contribution in [2.45, 2.75) is 11.3 Å². The highest BCUT2D eigenvalue weighted by atomic mass is 79.9. The van der Waals surface area contributed by atoms with E-state index in [-0.39, 0.29) is 0 Å². The monoisotopic (exact) mass is 414 g/mol. The van der Waals surface area contributed by atoms with Crippen LogP contribution in [0.4, 0.5) is 5.69 Å². The largest absolute Gasteiger partial charge is 0.266 e. The van der Waals surface area contributed by atoms with Crippen LogP contribution in [-0.2, 0) is 16.4 Å². The van der Waals surface area contributed by atoms with Crippen LogP contribution in [0, 0.1) is 0 Å². The quantitative estimate of drug-likeness (QED) is 0.642. The zero-order chi connectivity index (χ0) is 17.4. The molecule has 4 rings (SSSR count). The molecule has 0 amide bonds. The Balaban J connectivity index is 1.75. The van der Waals surface area contributed by atoms with E-state index in [9.17, 15) is 8.42 Å². The first-order valence-corrected chi connectivity index (χ1v) is 10.1. The van der Waals surface area contributed by atoms with E-state index in [0.717, 1.165) is 22.4 Å². The van der Waals surface area contributed by atoms with Gasteiger partial charge in [0.15, 0.2) is 0 Å². The maximum atomic E-state index is 13.1. The minimum absolute atomic E-state index is 0.293. The molecular weight excluding hydrogens is 400 g/mol. The van der Waals surface area contributed by atoms with Gasteiger partial charge >= 0.3 is 0 Å². The maximum Gasteiger partial charge on any atom is 0.265 e. The molecule has 1 aliphatic heterocycles. The van der Waals surface area contributed by atoms with E-state index in [2.05, 4.69) is 27.0 Å². The van der Waals surface area contributed by atoms with Gasteiger partial charge in [-0.1, -0.05) is 18.2 Å². The Kier molecular flexibility index (Phi) is 4.09. The molecule has 4 nitrogen and oxygen atoms in total. The molecule has 0 atom stereocenters. The third-order valence-electron chi connectivity index (χ3n) is 4.35. The SMILES string of the molecule is O=S(=O)(c1ccccc1Br)N1CCc2cc(-c3ccncc3)ccc21. The third-order valence-corrected chi connectivity index (χ3v) is 7.18. The molecule has 2 aromatic carbocycles. The molecule has 1 aromatic heterocycles. The zero-order valence-electron chi connectivity index (χ0n) is 13.3. The first-order valence-electron chi connectivity index (χ1n) is 7.88. The predicted octanol–water partition coefficient (Wildman–Crippen LogP) is 4.26. The van der Waals surface area contributed by atoms with Gasteiger partial charge in [-0.3, -0.25) is 9.29 Å². The summed E-state index contributed by atoms with van der Waals surface area (Å²) in [6, 6.07) is 16.7. The predicted molar refractivity (Wildman–Crippen MR) is 102 cm³/mol. The smallest absolute Gasteiger partial charge is 0.265 e. The van der Waals surface area contributed by atoms with Crippen molar-refractivity contribution in [3.63, 3.8) is 0 Å². The van der Waals surface area contributed by atoms with Crippen molar-refractivity contribution in [1.29, 1.82) is 0 Å². The van der Waals surface area contributed by atoms with Gasteiger partial charge in [-0.15, -0.1) is 0 Å². The van der Waals surface area contributed by atoms with E-state index in [0.29, 0.717) is 22.3 Å². The second-order valence-electron chi connectivity index (χ2n) is 5.84. The van der Waals surface area contributed by atoms with Crippen molar-refractivity contribution in [3.05, 3.63) is 77.0 Å². The summed E-state index contributed by atoms with van der Waals surface area (Å²) >= 11 is 3.35. The maximum absolute atomic E-state index is 13.1. The fourth-order valence-corrected chi connectivity index (χ4v) is 5.59. The van der Waals surface area contributed by atoms with Gasteiger partial charge in [0, 0.05) is 23.4 Å². The topological polar surface area (TPSA) is 50.3 Å². The van der Waals surface area contributed by atoms with Gasteiger partial charge in [0.1, 0.15) is 4.90 Å². The number of pyridine rings is 1. The number of hydrogen-bond acceptors (Lipinski definition) is 3. The molecule has 0 aliphatic carbocycles. The van der Waals surface area contributed by atoms with Crippen molar-refractivity contribution < 1.29 is 8.42 Å².